The van der Waals surface area contributed by atoms with E-state index in [1.807, 2.05) is 11.1 Å². The average molecular weight is 306 g/mol. The predicted octanol–water partition coefficient (Wildman–Crippen LogP) is 2.00. The molecule has 22 heavy (non-hydrogen) atoms. The van der Waals surface area contributed by atoms with Gasteiger partial charge in [-0.1, -0.05) is 6.92 Å². The van der Waals surface area contributed by atoms with Crippen molar-refractivity contribution in [1.82, 2.24) is 15.0 Å². The van der Waals surface area contributed by atoms with E-state index in [0.717, 1.165) is 28.8 Å². The van der Waals surface area contributed by atoms with Crippen molar-refractivity contribution in [3.05, 3.63) is 18.1 Å². The van der Waals surface area contributed by atoms with Crippen molar-refractivity contribution in [3.8, 4) is 0 Å². The Morgan fingerprint density at radius 1 is 1.45 bits per heavy atom. The predicted molar refractivity (Wildman–Crippen MR) is 80.6 cm³/mol. The Bertz CT molecular complexity index is 692. The molecule has 1 aliphatic heterocycles. The molecule has 0 saturated carbocycles. The highest BCUT2D eigenvalue weighted by molar-refractivity contribution is 5.91. The fourth-order valence-electron chi connectivity index (χ4n) is 2.99. The maximum atomic E-state index is 14.5. The van der Waals surface area contributed by atoms with Crippen molar-refractivity contribution in [2.24, 2.45) is 0 Å². The van der Waals surface area contributed by atoms with Crippen LogP contribution in [-0.2, 0) is 16.0 Å². The topological polar surface area (TPSA) is 71.1 Å². The fraction of sp³-hybridized carbons (Fsp3) is 0.533. The number of hydrogen-bond acceptors (Lipinski definition) is 5. The number of hydrogen-bond donors (Lipinski definition) is 1. The van der Waals surface area contributed by atoms with Crippen molar-refractivity contribution < 1.29 is 13.9 Å². The Balaban J connectivity index is 1.88. The van der Waals surface area contributed by atoms with E-state index in [9.17, 15) is 9.18 Å². The lowest BCUT2D eigenvalue weighted by atomic mass is 9.93. The number of halogens is 1. The first-order valence-electron chi connectivity index (χ1n) is 7.42. The van der Waals surface area contributed by atoms with Gasteiger partial charge in [-0.3, -0.25) is 0 Å². The quantitative estimate of drug-likeness (QED) is 0.878. The van der Waals surface area contributed by atoms with Crippen LogP contribution in [0.5, 0.6) is 0 Å². The summed E-state index contributed by atoms with van der Waals surface area (Å²) in [6.45, 7) is 2.91. The van der Waals surface area contributed by atoms with Crippen LogP contribution in [-0.4, -0.2) is 46.8 Å². The van der Waals surface area contributed by atoms with Gasteiger partial charge in [-0.2, -0.15) is 0 Å². The highest BCUT2D eigenvalue weighted by Gasteiger charge is 2.43. The number of nitrogens with zero attached hydrogens (tertiary/aromatic N) is 3. The summed E-state index contributed by atoms with van der Waals surface area (Å²) in [5, 5.41) is 0.981. The molecule has 0 spiro atoms. The summed E-state index contributed by atoms with van der Waals surface area (Å²) in [4.78, 5) is 25.3. The molecule has 0 aromatic carbocycles. The summed E-state index contributed by atoms with van der Waals surface area (Å²) in [5.41, 5.74) is 0.0332. The second-order valence-electron chi connectivity index (χ2n) is 5.53. The molecule has 3 rings (SSSR count). The van der Waals surface area contributed by atoms with Crippen molar-refractivity contribution in [2.45, 2.75) is 31.9 Å². The molecule has 0 aliphatic carbocycles. The molecule has 6 nitrogen and oxygen atoms in total. The number of aromatic amines is 1. The molecule has 3 heterocycles. The standard InChI is InChI=1S/C15H19FN4O2/c1-3-10-8-17-12-11(10)13(19-9-18-12)20-6-4-15(16,5-7-20)14(21)22-2/h8-9H,3-7H2,1-2H3,(H,17,18,19). The highest BCUT2D eigenvalue weighted by Crippen LogP contribution is 2.33. The number of aromatic nitrogens is 3. The van der Waals surface area contributed by atoms with Crippen LogP contribution in [0.15, 0.2) is 12.5 Å². The molecule has 118 valence electrons. The van der Waals surface area contributed by atoms with E-state index >= 15 is 0 Å². The van der Waals surface area contributed by atoms with E-state index in [0.29, 0.717) is 13.1 Å². The van der Waals surface area contributed by atoms with Crippen LogP contribution >= 0.6 is 0 Å². The number of aryl methyl sites for hydroxylation is 1. The van der Waals surface area contributed by atoms with Gasteiger partial charge in [0.25, 0.3) is 0 Å². The van der Waals surface area contributed by atoms with Gasteiger partial charge in [0.1, 0.15) is 17.8 Å². The molecular weight excluding hydrogens is 287 g/mol. The van der Waals surface area contributed by atoms with Gasteiger partial charge in [-0.05, 0) is 12.0 Å². The molecule has 0 bridgehead atoms. The van der Waals surface area contributed by atoms with E-state index in [1.54, 1.807) is 0 Å². The number of carbonyl (C=O) groups excluding carboxylic acids is 1. The summed E-state index contributed by atoms with van der Waals surface area (Å²) in [6, 6.07) is 0. The summed E-state index contributed by atoms with van der Waals surface area (Å²) >= 11 is 0. The lowest BCUT2D eigenvalue weighted by molar-refractivity contribution is -0.156. The number of fused-ring (bicyclic) bond motifs is 1. The Morgan fingerprint density at radius 3 is 2.82 bits per heavy atom. The second-order valence-corrected chi connectivity index (χ2v) is 5.53. The van der Waals surface area contributed by atoms with Gasteiger partial charge in [-0.25, -0.2) is 19.2 Å². The Kier molecular flexibility index (Phi) is 3.72. The third kappa shape index (κ3) is 2.30. The summed E-state index contributed by atoms with van der Waals surface area (Å²) < 4.78 is 19.1. The Labute approximate surface area is 127 Å². The van der Waals surface area contributed by atoms with E-state index in [4.69, 9.17) is 0 Å². The largest absolute Gasteiger partial charge is 0.467 e. The monoisotopic (exact) mass is 306 g/mol. The van der Waals surface area contributed by atoms with Gasteiger partial charge in [0, 0.05) is 32.1 Å². The van der Waals surface area contributed by atoms with Crippen molar-refractivity contribution in [2.75, 3.05) is 25.1 Å². The molecule has 1 fully saturated rings. The van der Waals surface area contributed by atoms with E-state index in [2.05, 4.69) is 26.6 Å². The second kappa shape index (κ2) is 5.55. The maximum absolute atomic E-state index is 14.5. The zero-order valence-electron chi connectivity index (χ0n) is 12.7. The van der Waals surface area contributed by atoms with Crippen molar-refractivity contribution >= 4 is 22.8 Å². The third-order valence-corrected chi connectivity index (χ3v) is 4.32. The van der Waals surface area contributed by atoms with Gasteiger partial charge in [0.15, 0.2) is 0 Å². The number of anilines is 1. The summed E-state index contributed by atoms with van der Waals surface area (Å²) in [6.07, 6.45) is 4.52. The number of H-pyrrole nitrogens is 1. The smallest absolute Gasteiger partial charge is 0.343 e. The number of methoxy groups -OCH3 is 1. The van der Waals surface area contributed by atoms with Gasteiger partial charge in [0.05, 0.1) is 12.5 Å². The van der Waals surface area contributed by atoms with Crippen molar-refractivity contribution in [1.29, 1.82) is 0 Å². The lowest BCUT2D eigenvalue weighted by Gasteiger charge is -2.35. The van der Waals surface area contributed by atoms with E-state index in [-0.39, 0.29) is 12.8 Å². The van der Waals surface area contributed by atoms with Crippen LogP contribution in [0, 0.1) is 0 Å². The van der Waals surface area contributed by atoms with Crippen LogP contribution in [0.1, 0.15) is 25.3 Å². The van der Waals surface area contributed by atoms with Crippen LogP contribution in [0.4, 0.5) is 10.2 Å². The SMILES string of the molecule is CCc1c[nH]c2ncnc(N3CCC(F)(C(=O)OC)CC3)c12. The van der Waals surface area contributed by atoms with Gasteiger partial charge in [-0.15, -0.1) is 0 Å². The number of carbonyl (C=O) groups is 1. The zero-order valence-corrected chi connectivity index (χ0v) is 12.7. The summed E-state index contributed by atoms with van der Waals surface area (Å²) in [5.74, 6) is 0.0193. The fourth-order valence-corrected chi connectivity index (χ4v) is 2.99. The number of alkyl halides is 1. The Morgan fingerprint density at radius 2 is 2.18 bits per heavy atom. The molecule has 1 saturated heterocycles. The van der Waals surface area contributed by atoms with Crippen LogP contribution in [0.2, 0.25) is 0 Å². The van der Waals surface area contributed by atoms with Crippen LogP contribution in [0.3, 0.4) is 0 Å². The molecule has 0 atom stereocenters. The first-order valence-corrected chi connectivity index (χ1v) is 7.42. The van der Waals surface area contributed by atoms with E-state index < -0.39 is 11.6 Å². The minimum Gasteiger partial charge on any atom is -0.467 e. The minimum absolute atomic E-state index is 0.108. The van der Waals surface area contributed by atoms with Gasteiger partial charge >= 0.3 is 5.97 Å². The number of rotatable bonds is 3. The third-order valence-electron chi connectivity index (χ3n) is 4.32. The average Bonchev–Trinajstić information content (AvgIpc) is 2.98. The van der Waals surface area contributed by atoms with Gasteiger partial charge in [0.2, 0.25) is 5.67 Å². The number of piperidine rings is 1. The minimum atomic E-state index is -1.89. The van der Waals surface area contributed by atoms with E-state index in [1.165, 1.54) is 13.4 Å². The maximum Gasteiger partial charge on any atom is 0.343 e. The summed E-state index contributed by atoms with van der Waals surface area (Å²) in [7, 11) is 1.22. The van der Waals surface area contributed by atoms with Crippen LogP contribution < -0.4 is 4.90 Å². The van der Waals surface area contributed by atoms with Crippen molar-refractivity contribution in [3.63, 3.8) is 0 Å². The highest BCUT2D eigenvalue weighted by atomic mass is 19.1. The van der Waals surface area contributed by atoms with Gasteiger partial charge < -0.3 is 14.6 Å². The lowest BCUT2D eigenvalue weighted by Crippen LogP contribution is -2.47. The Hall–Kier alpha value is -2.18. The molecule has 1 aliphatic rings. The zero-order chi connectivity index (χ0) is 15.7. The molecule has 7 heteroatoms. The molecule has 0 radical (unpaired) electrons. The molecule has 2 aromatic rings. The first-order chi connectivity index (χ1) is 10.6. The molecule has 0 amide bonds. The number of nitrogens with one attached hydrogen (secondary N) is 1. The normalized spacial score (nSPS) is 17.7. The molecular formula is C15H19FN4O2. The number of ether oxygens (including phenoxy) is 1. The number of esters is 1. The molecule has 0 unspecified atom stereocenters. The molecule has 2 aromatic heterocycles. The van der Waals surface area contributed by atoms with Crippen LogP contribution in [0.25, 0.3) is 11.0 Å². The molecule has 1 N–H and O–H groups in total. The first kappa shape index (κ1) is 14.7.